The predicted octanol–water partition coefficient (Wildman–Crippen LogP) is 3.68. The fourth-order valence-electron chi connectivity index (χ4n) is 1.73. The quantitative estimate of drug-likeness (QED) is 0.870. The largest absolute Gasteiger partial charge is 0.444 e. The average molecular weight is 326 g/mol. The Morgan fingerprint density at radius 1 is 1.42 bits per heavy atom. The normalized spacial score (nSPS) is 11.6. The fraction of sp³-hybridized carbons (Fsp3) is 0.385. The van der Waals surface area contributed by atoms with Gasteiger partial charge in [0.15, 0.2) is 0 Å². The van der Waals surface area contributed by atoms with Crippen molar-refractivity contribution in [3.63, 3.8) is 0 Å². The molecule has 1 amide bonds. The molecule has 0 fully saturated rings. The number of aromatic nitrogens is 2. The number of carbonyl (C=O) groups is 1. The van der Waals surface area contributed by atoms with Gasteiger partial charge in [-0.05, 0) is 48.8 Å². The average Bonchev–Trinajstić information content (AvgIpc) is 2.54. The lowest BCUT2D eigenvalue weighted by molar-refractivity contribution is 0.0634. The van der Waals surface area contributed by atoms with Gasteiger partial charge in [0.1, 0.15) is 5.60 Å². The van der Waals surface area contributed by atoms with Crippen LogP contribution in [0.15, 0.2) is 22.7 Å². The minimum absolute atomic E-state index is 0.455. The van der Waals surface area contributed by atoms with Gasteiger partial charge in [-0.2, -0.15) is 0 Å². The van der Waals surface area contributed by atoms with Crippen LogP contribution in [0.3, 0.4) is 0 Å². The summed E-state index contributed by atoms with van der Waals surface area (Å²) in [6, 6.07) is 5.72. The molecular weight excluding hydrogens is 310 g/mol. The summed E-state index contributed by atoms with van der Waals surface area (Å²) >= 11 is 3.47. The first kappa shape index (κ1) is 13.9. The van der Waals surface area contributed by atoms with Gasteiger partial charge in [0.25, 0.3) is 0 Å². The van der Waals surface area contributed by atoms with Crippen LogP contribution in [-0.4, -0.2) is 21.2 Å². The topological polar surface area (TPSA) is 56.2 Å². The van der Waals surface area contributed by atoms with Gasteiger partial charge < -0.3 is 9.30 Å². The third-order valence-corrected chi connectivity index (χ3v) is 3.10. The number of amides is 1. The summed E-state index contributed by atoms with van der Waals surface area (Å²) in [6.07, 6.45) is -0.512. The molecule has 0 aliphatic carbocycles. The molecule has 0 saturated carbocycles. The van der Waals surface area contributed by atoms with Crippen molar-refractivity contribution in [3.8, 4) is 0 Å². The summed E-state index contributed by atoms with van der Waals surface area (Å²) in [4.78, 5) is 16.1. The van der Waals surface area contributed by atoms with E-state index in [-0.39, 0.29) is 0 Å². The Kier molecular flexibility index (Phi) is 3.54. The Bertz CT molecular complexity index is 629. The van der Waals surface area contributed by atoms with Crippen molar-refractivity contribution in [2.45, 2.75) is 26.4 Å². The van der Waals surface area contributed by atoms with Crippen molar-refractivity contribution in [2.75, 3.05) is 5.32 Å². The monoisotopic (exact) mass is 325 g/mol. The van der Waals surface area contributed by atoms with Crippen molar-refractivity contribution in [1.82, 2.24) is 9.55 Å². The first-order valence-corrected chi connectivity index (χ1v) is 6.68. The van der Waals surface area contributed by atoms with Crippen molar-refractivity contribution in [1.29, 1.82) is 0 Å². The molecule has 0 bridgehead atoms. The van der Waals surface area contributed by atoms with Crippen LogP contribution in [0, 0.1) is 0 Å². The minimum atomic E-state index is -0.532. The zero-order valence-corrected chi connectivity index (χ0v) is 12.9. The highest BCUT2D eigenvalue weighted by molar-refractivity contribution is 9.10. The molecule has 2 rings (SSSR count). The van der Waals surface area contributed by atoms with E-state index in [0.29, 0.717) is 5.95 Å². The van der Waals surface area contributed by atoms with Gasteiger partial charge in [-0.25, -0.2) is 9.78 Å². The molecule has 0 radical (unpaired) electrons. The number of nitrogens with zero attached hydrogens (tertiary/aromatic N) is 2. The molecular formula is C13H16BrN3O2. The molecule has 1 aromatic heterocycles. The van der Waals surface area contributed by atoms with E-state index in [0.717, 1.165) is 15.5 Å². The number of carbonyl (C=O) groups excluding carboxylic acids is 1. The fourth-order valence-corrected chi connectivity index (χ4v) is 2.35. The minimum Gasteiger partial charge on any atom is -0.444 e. The Morgan fingerprint density at radius 3 is 2.68 bits per heavy atom. The number of hydrogen-bond donors (Lipinski definition) is 1. The van der Waals surface area contributed by atoms with Crippen molar-refractivity contribution >= 4 is 39.0 Å². The summed E-state index contributed by atoms with van der Waals surface area (Å²) in [6.45, 7) is 5.45. The van der Waals surface area contributed by atoms with Crippen LogP contribution >= 0.6 is 15.9 Å². The van der Waals surface area contributed by atoms with Gasteiger partial charge in [-0.3, -0.25) is 5.32 Å². The van der Waals surface area contributed by atoms with Crippen LogP contribution in [0.25, 0.3) is 11.0 Å². The molecule has 1 aromatic carbocycles. The zero-order valence-electron chi connectivity index (χ0n) is 11.3. The van der Waals surface area contributed by atoms with Crippen molar-refractivity contribution < 1.29 is 9.53 Å². The number of benzene rings is 1. The summed E-state index contributed by atoms with van der Waals surface area (Å²) in [5.41, 5.74) is 1.20. The van der Waals surface area contributed by atoms with Gasteiger partial charge in [-0.15, -0.1) is 0 Å². The molecule has 19 heavy (non-hydrogen) atoms. The second-order valence-corrected chi connectivity index (χ2v) is 6.08. The molecule has 0 unspecified atom stereocenters. The van der Waals surface area contributed by atoms with Gasteiger partial charge in [0, 0.05) is 11.5 Å². The van der Waals surface area contributed by atoms with Gasteiger partial charge >= 0.3 is 6.09 Å². The Hall–Kier alpha value is -1.56. The van der Waals surface area contributed by atoms with Crippen LogP contribution < -0.4 is 5.32 Å². The number of ether oxygens (including phenoxy) is 1. The van der Waals surface area contributed by atoms with E-state index in [1.807, 2.05) is 50.6 Å². The number of anilines is 1. The molecule has 102 valence electrons. The van der Waals surface area contributed by atoms with E-state index in [1.54, 1.807) is 0 Å². The van der Waals surface area contributed by atoms with E-state index >= 15 is 0 Å². The highest BCUT2D eigenvalue weighted by atomic mass is 79.9. The summed E-state index contributed by atoms with van der Waals surface area (Å²) in [5.74, 6) is 0.455. The Morgan fingerprint density at radius 2 is 2.11 bits per heavy atom. The summed E-state index contributed by atoms with van der Waals surface area (Å²) in [5, 5.41) is 2.65. The third-order valence-electron chi connectivity index (χ3n) is 2.46. The van der Waals surface area contributed by atoms with Crippen LogP contribution in [0.5, 0.6) is 0 Å². The van der Waals surface area contributed by atoms with E-state index in [2.05, 4.69) is 26.2 Å². The van der Waals surface area contributed by atoms with E-state index < -0.39 is 11.7 Å². The van der Waals surface area contributed by atoms with Crippen LogP contribution in [0.2, 0.25) is 0 Å². The first-order chi connectivity index (χ1) is 8.78. The number of nitrogens with one attached hydrogen (secondary N) is 1. The molecule has 1 heterocycles. The predicted molar refractivity (Wildman–Crippen MR) is 78.3 cm³/mol. The molecule has 1 N–H and O–H groups in total. The Balaban J connectivity index is 2.29. The first-order valence-electron chi connectivity index (χ1n) is 5.89. The van der Waals surface area contributed by atoms with Crippen molar-refractivity contribution in [3.05, 3.63) is 22.7 Å². The maximum atomic E-state index is 11.7. The Labute approximate surface area is 120 Å². The number of para-hydroxylation sites is 1. The van der Waals surface area contributed by atoms with Crippen molar-refractivity contribution in [2.24, 2.45) is 7.05 Å². The molecule has 5 nitrogen and oxygen atoms in total. The lowest BCUT2D eigenvalue weighted by atomic mass is 10.2. The SMILES string of the molecule is Cn1c(NC(=O)OC(C)(C)C)nc2cccc(Br)c21. The molecule has 0 aliphatic heterocycles. The zero-order chi connectivity index (χ0) is 14.2. The number of fused-ring (bicyclic) bond motifs is 1. The number of aryl methyl sites for hydroxylation is 1. The van der Waals surface area contributed by atoms with E-state index in [4.69, 9.17) is 4.74 Å². The van der Waals surface area contributed by atoms with Gasteiger partial charge in [0.2, 0.25) is 5.95 Å². The number of rotatable bonds is 1. The third kappa shape index (κ3) is 3.07. The molecule has 0 saturated heterocycles. The van der Waals surface area contributed by atoms with Gasteiger partial charge in [-0.1, -0.05) is 6.07 Å². The van der Waals surface area contributed by atoms with Crippen LogP contribution in [0.4, 0.5) is 10.7 Å². The van der Waals surface area contributed by atoms with Gasteiger partial charge in [0.05, 0.1) is 11.0 Å². The van der Waals surface area contributed by atoms with Crippen LogP contribution in [0.1, 0.15) is 20.8 Å². The highest BCUT2D eigenvalue weighted by Crippen LogP contribution is 2.26. The molecule has 2 aromatic rings. The number of halogens is 1. The van der Waals surface area contributed by atoms with E-state index in [1.165, 1.54) is 0 Å². The van der Waals surface area contributed by atoms with E-state index in [9.17, 15) is 4.79 Å². The molecule has 6 heteroatoms. The number of hydrogen-bond acceptors (Lipinski definition) is 3. The number of imidazole rings is 1. The smallest absolute Gasteiger partial charge is 0.414 e. The lowest BCUT2D eigenvalue weighted by Gasteiger charge is -2.19. The maximum Gasteiger partial charge on any atom is 0.414 e. The standard InChI is InChI=1S/C13H16BrN3O2/c1-13(2,3)19-12(18)16-11-15-9-7-5-6-8(14)10(9)17(11)4/h5-7H,1-4H3,(H,15,16,18). The summed E-state index contributed by atoms with van der Waals surface area (Å²) < 4.78 is 7.94. The molecule has 0 spiro atoms. The maximum absolute atomic E-state index is 11.7. The summed E-state index contributed by atoms with van der Waals surface area (Å²) in [7, 11) is 1.84. The lowest BCUT2D eigenvalue weighted by Crippen LogP contribution is -2.28. The molecule has 0 atom stereocenters. The second kappa shape index (κ2) is 4.85. The molecule has 0 aliphatic rings. The highest BCUT2D eigenvalue weighted by Gasteiger charge is 2.18. The van der Waals surface area contributed by atoms with Crippen LogP contribution in [-0.2, 0) is 11.8 Å². The second-order valence-electron chi connectivity index (χ2n) is 5.23.